The van der Waals surface area contributed by atoms with Crippen LogP contribution in [0.5, 0.6) is 0 Å². The topological polar surface area (TPSA) is 0 Å². The quantitative estimate of drug-likeness (QED) is 0.724. The van der Waals surface area contributed by atoms with Gasteiger partial charge in [-0.15, -0.1) is 11.4 Å². The highest BCUT2D eigenvalue weighted by molar-refractivity contribution is 8.73. The summed E-state index contributed by atoms with van der Waals surface area (Å²) >= 11 is 7.94. The van der Waals surface area contributed by atoms with Crippen molar-refractivity contribution in [1.29, 1.82) is 0 Å². The summed E-state index contributed by atoms with van der Waals surface area (Å²) in [5.74, 6) is 1.18. The third kappa shape index (κ3) is 3.34. The van der Waals surface area contributed by atoms with E-state index < -0.39 is 5.24 Å². The van der Waals surface area contributed by atoms with Crippen LogP contribution in [0, 0.1) is 0 Å². The monoisotopic (exact) mass is 258 g/mol. The molecule has 0 aromatic heterocycles. The molecule has 0 saturated heterocycles. The van der Waals surface area contributed by atoms with Gasteiger partial charge in [-0.05, 0) is 23.1 Å². The van der Waals surface area contributed by atoms with Crippen LogP contribution < -0.4 is 5.30 Å². The summed E-state index contributed by atoms with van der Waals surface area (Å²) in [6.07, 6.45) is 1.21. The zero-order valence-corrected chi connectivity index (χ0v) is 12.2. The fraction of sp³-hybridized carbons (Fsp3) is 0.500. The first kappa shape index (κ1) is 13.3. The zero-order chi connectivity index (χ0) is 11.3. The lowest BCUT2D eigenvalue weighted by atomic mass is 10.4. The SMILES string of the molecule is CCCSP(=S)(c1ccccc1)C(C)C. The lowest BCUT2D eigenvalue weighted by Crippen LogP contribution is -2.09. The van der Waals surface area contributed by atoms with E-state index in [0.29, 0.717) is 5.66 Å². The maximum absolute atomic E-state index is 5.93. The Morgan fingerprint density at radius 3 is 2.33 bits per heavy atom. The Kier molecular flexibility index (Phi) is 5.38. The number of benzene rings is 1. The summed E-state index contributed by atoms with van der Waals surface area (Å²) in [4.78, 5) is 0. The Balaban J connectivity index is 2.97. The molecule has 0 aliphatic carbocycles. The first-order valence-corrected chi connectivity index (χ1v) is 9.87. The van der Waals surface area contributed by atoms with Crippen LogP contribution in [0.15, 0.2) is 30.3 Å². The third-order valence-corrected chi connectivity index (χ3v) is 12.1. The van der Waals surface area contributed by atoms with Crippen molar-refractivity contribution in [3.05, 3.63) is 30.3 Å². The minimum atomic E-state index is -1.41. The molecule has 0 heterocycles. The van der Waals surface area contributed by atoms with Gasteiger partial charge in [0.1, 0.15) is 0 Å². The third-order valence-electron chi connectivity index (χ3n) is 2.28. The molecule has 1 rings (SSSR count). The van der Waals surface area contributed by atoms with Crippen LogP contribution in [0.3, 0.4) is 0 Å². The minimum Gasteiger partial charge on any atom is -0.119 e. The predicted octanol–water partition coefficient (Wildman–Crippen LogP) is 4.26. The largest absolute Gasteiger partial charge is 0.119 e. The summed E-state index contributed by atoms with van der Waals surface area (Å²) in [5, 5.41) is -0.0274. The second-order valence-electron chi connectivity index (χ2n) is 3.86. The number of rotatable bonds is 5. The number of hydrogen-bond acceptors (Lipinski definition) is 2. The van der Waals surface area contributed by atoms with E-state index in [9.17, 15) is 0 Å². The maximum atomic E-state index is 5.93. The van der Waals surface area contributed by atoms with Gasteiger partial charge in [0.15, 0.2) is 0 Å². The molecule has 3 heteroatoms. The van der Waals surface area contributed by atoms with Crippen LogP contribution in [0.4, 0.5) is 0 Å². The van der Waals surface area contributed by atoms with Gasteiger partial charge in [-0.3, -0.25) is 0 Å². The molecule has 0 spiro atoms. The second kappa shape index (κ2) is 6.08. The second-order valence-corrected chi connectivity index (χ2v) is 12.2. The van der Waals surface area contributed by atoms with Crippen LogP contribution in [0.25, 0.3) is 0 Å². The normalized spacial score (nSPS) is 15.2. The van der Waals surface area contributed by atoms with Crippen molar-refractivity contribution < 1.29 is 0 Å². The highest BCUT2D eigenvalue weighted by Gasteiger charge is 2.23. The molecule has 15 heavy (non-hydrogen) atoms. The molecule has 0 nitrogen and oxygen atoms in total. The minimum absolute atomic E-state index is 0.589. The summed E-state index contributed by atoms with van der Waals surface area (Å²) in [6.45, 7) is 6.74. The average Bonchev–Trinajstić information content (AvgIpc) is 2.27. The van der Waals surface area contributed by atoms with Gasteiger partial charge in [0, 0.05) is 5.24 Å². The van der Waals surface area contributed by atoms with Gasteiger partial charge in [-0.1, -0.05) is 62.9 Å². The van der Waals surface area contributed by atoms with Crippen LogP contribution >= 0.6 is 16.6 Å². The molecule has 0 N–H and O–H groups in total. The molecule has 0 radical (unpaired) electrons. The Labute approximate surface area is 103 Å². The predicted molar refractivity (Wildman–Crippen MR) is 78.2 cm³/mol. The smallest absolute Gasteiger partial charge is 0.0361 e. The molecule has 1 aromatic carbocycles. The van der Waals surface area contributed by atoms with Crippen molar-refractivity contribution in [3.8, 4) is 0 Å². The van der Waals surface area contributed by atoms with E-state index >= 15 is 0 Å². The first-order valence-electron chi connectivity index (χ1n) is 5.41. The summed E-state index contributed by atoms with van der Waals surface area (Å²) in [5.41, 5.74) is 0.589. The molecule has 1 aromatic rings. The Bertz CT molecular complexity index is 333. The average molecular weight is 258 g/mol. The van der Waals surface area contributed by atoms with E-state index in [-0.39, 0.29) is 0 Å². The van der Waals surface area contributed by atoms with E-state index in [1.807, 2.05) is 11.4 Å². The maximum Gasteiger partial charge on any atom is 0.0361 e. The first-order chi connectivity index (χ1) is 7.11. The van der Waals surface area contributed by atoms with Crippen LogP contribution in [0.1, 0.15) is 27.2 Å². The molecular weight excluding hydrogens is 239 g/mol. The molecule has 84 valence electrons. The molecule has 0 saturated carbocycles. The van der Waals surface area contributed by atoms with Gasteiger partial charge in [0.2, 0.25) is 0 Å². The molecule has 0 bridgehead atoms. The molecule has 1 atom stereocenters. The molecule has 0 aliphatic heterocycles. The Morgan fingerprint density at radius 2 is 1.87 bits per heavy atom. The van der Waals surface area contributed by atoms with E-state index in [1.165, 1.54) is 17.5 Å². The molecule has 0 aliphatic rings. The van der Waals surface area contributed by atoms with Gasteiger partial charge in [0.25, 0.3) is 0 Å². The zero-order valence-electron chi connectivity index (χ0n) is 9.64. The Morgan fingerprint density at radius 1 is 1.27 bits per heavy atom. The lowest BCUT2D eigenvalue weighted by Gasteiger charge is -2.25. The molecule has 1 unspecified atom stereocenters. The van der Waals surface area contributed by atoms with E-state index in [0.717, 1.165) is 0 Å². The van der Waals surface area contributed by atoms with E-state index in [4.69, 9.17) is 11.8 Å². The summed E-state index contributed by atoms with van der Waals surface area (Å²) in [6, 6.07) is 10.7. The van der Waals surface area contributed by atoms with Gasteiger partial charge in [-0.2, -0.15) is 0 Å². The molecular formula is C12H19PS2. The van der Waals surface area contributed by atoms with Crippen LogP contribution in [0.2, 0.25) is 0 Å². The molecule has 0 amide bonds. The van der Waals surface area contributed by atoms with Gasteiger partial charge in [0.05, 0.1) is 0 Å². The Hall–Kier alpha value is 0.220. The molecule has 0 fully saturated rings. The van der Waals surface area contributed by atoms with Crippen molar-refractivity contribution in [1.82, 2.24) is 0 Å². The van der Waals surface area contributed by atoms with Crippen molar-refractivity contribution >= 4 is 33.7 Å². The van der Waals surface area contributed by atoms with Crippen molar-refractivity contribution in [2.45, 2.75) is 32.9 Å². The fourth-order valence-electron chi connectivity index (χ4n) is 1.38. The van der Waals surface area contributed by atoms with E-state index in [2.05, 4.69) is 51.1 Å². The highest BCUT2D eigenvalue weighted by Crippen LogP contribution is 2.61. The summed E-state index contributed by atoms with van der Waals surface area (Å²) < 4.78 is 0. The van der Waals surface area contributed by atoms with Crippen molar-refractivity contribution in [3.63, 3.8) is 0 Å². The van der Waals surface area contributed by atoms with E-state index in [1.54, 1.807) is 0 Å². The van der Waals surface area contributed by atoms with Crippen molar-refractivity contribution in [2.24, 2.45) is 0 Å². The van der Waals surface area contributed by atoms with Gasteiger partial charge >= 0.3 is 0 Å². The number of hydrogen-bond donors (Lipinski definition) is 0. The van der Waals surface area contributed by atoms with Crippen molar-refractivity contribution in [2.75, 3.05) is 5.75 Å². The van der Waals surface area contributed by atoms with Crippen LogP contribution in [-0.4, -0.2) is 11.4 Å². The van der Waals surface area contributed by atoms with Gasteiger partial charge < -0.3 is 0 Å². The highest BCUT2D eigenvalue weighted by atomic mass is 32.9. The van der Waals surface area contributed by atoms with Crippen LogP contribution in [-0.2, 0) is 11.8 Å². The summed E-state index contributed by atoms with van der Waals surface area (Å²) in [7, 11) is 0. The van der Waals surface area contributed by atoms with Gasteiger partial charge in [-0.25, -0.2) is 0 Å². The standard InChI is InChI=1S/C12H19PS2/c1-4-10-15-13(14,11(2)3)12-8-6-5-7-9-12/h5-9,11H,4,10H2,1-3H3. The lowest BCUT2D eigenvalue weighted by molar-refractivity contribution is 1.10. The fourth-order valence-corrected chi connectivity index (χ4v) is 7.57.